The van der Waals surface area contributed by atoms with Crippen molar-refractivity contribution in [2.24, 2.45) is 0 Å². The van der Waals surface area contributed by atoms with Gasteiger partial charge in [-0.25, -0.2) is 9.37 Å². The number of hydrogen-bond donors (Lipinski definition) is 0. The number of methoxy groups -OCH3 is 1. The number of rotatable bonds is 6. The largest absolute Gasteiger partial charge is 0.384 e. The Labute approximate surface area is 188 Å². The number of ether oxygens (including phenoxy) is 1. The highest BCUT2D eigenvalue weighted by atomic mass is 32.1. The maximum absolute atomic E-state index is 13.8. The van der Waals surface area contributed by atoms with Crippen LogP contribution in [0.5, 0.6) is 0 Å². The molecule has 4 nitrogen and oxygen atoms in total. The number of fused-ring (bicyclic) bond motifs is 2. The van der Waals surface area contributed by atoms with Crippen molar-refractivity contribution in [3.05, 3.63) is 99.7 Å². The lowest BCUT2D eigenvalue weighted by atomic mass is 10.0. The lowest BCUT2D eigenvalue weighted by Crippen LogP contribution is -2.26. The van der Waals surface area contributed by atoms with Crippen LogP contribution in [0.2, 0.25) is 0 Å². The molecular formula is C26H21FN2O2S. The molecular weight excluding hydrogens is 423 g/mol. The number of benzene rings is 3. The Bertz CT molecular complexity index is 1490. The van der Waals surface area contributed by atoms with Crippen molar-refractivity contribution in [3.8, 4) is 11.1 Å². The van der Waals surface area contributed by atoms with E-state index in [1.165, 1.54) is 23.5 Å². The average molecular weight is 445 g/mol. The number of hydrogen-bond acceptors (Lipinski definition) is 4. The van der Waals surface area contributed by atoms with E-state index in [9.17, 15) is 9.18 Å². The van der Waals surface area contributed by atoms with Crippen molar-refractivity contribution in [2.45, 2.75) is 13.0 Å². The van der Waals surface area contributed by atoms with E-state index < -0.39 is 0 Å². The standard InChI is InChI=1S/C26H21FN2O2S/c1-31-12-11-23-28-25-24(26(30)29(23)15-17-5-4-8-21(27)13-17)22(16-32-25)20-10-9-18-6-2-3-7-19(18)14-20/h2-10,13-14,16H,11-12,15H2,1H3. The van der Waals surface area contributed by atoms with Gasteiger partial charge in [0.25, 0.3) is 5.56 Å². The summed E-state index contributed by atoms with van der Waals surface area (Å²) in [5.74, 6) is 0.316. The molecule has 160 valence electrons. The molecule has 5 aromatic rings. The van der Waals surface area contributed by atoms with Gasteiger partial charge in [-0.2, -0.15) is 0 Å². The highest BCUT2D eigenvalue weighted by Gasteiger charge is 2.18. The third kappa shape index (κ3) is 3.83. The summed E-state index contributed by atoms with van der Waals surface area (Å²) in [4.78, 5) is 19.2. The molecule has 0 unspecified atom stereocenters. The molecule has 5 rings (SSSR count). The Morgan fingerprint density at radius 1 is 1.03 bits per heavy atom. The van der Waals surface area contributed by atoms with E-state index >= 15 is 0 Å². The smallest absolute Gasteiger partial charge is 0.263 e. The minimum atomic E-state index is -0.324. The van der Waals surface area contributed by atoms with Crippen LogP contribution in [-0.2, 0) is 17.7 Å². The molecule has 0 amide bonds. The number of halogens is 1. The van der Waals surface area contributed by atoms with Crippen LogP contribution in [-0.4, -0.2) is 23.3 Å². The molecule has 0 aliphatic carbocycles. The third-order valence-electron chi connectivity index (χ3n) is 5.59. The van der Waals surface area contributed by atoms with E-state index in [2.05, 4.69) is 24.3 Å². The molecule has 3 aromatic carbocycles. The Balaban J connectivity index is 1.68. The van der Waals surface area contributed by atoms with Gasteiger partial charge in [0.05, 0.1) is 18.5 Å². The van der Waals surface area contributed by atoms with Crippen LogP contribution >= 0.6 is 11.3 Å². The Morgan fingerprint density at radius 3 is 2.69 bits per heavy atom. The number of nitrogens with zero attached hydrogens (tertiary/aromatic N) is 2. The first-order valence-corrected chi connectivity index (χ1v) is 11.3. The fraction of sp³-hybridized carbons (Fsp3) is 0.154. The van der Waals surface area contributed by atoms with E-state index in [4.69, 9.17) is 9.72 Å². The van der Waals surface area contributed by atoms with Gasteiger partial charge in [0.1, 0.15) is 16.5 Å². The molecule has 0 aliphatic heterocycles. The molecule has 2 aromatic heterocycles. The van der Waals surface area contributed by atoms with Crippen molar-refractivity contribution in [3.63, 3.8) is 0 Å². The van der Waals surface area contributed by atoms with Gasteiger partial charge in [-0.15, -0.1) is 11.3 Å². The van der Waals surface area contributed by atoms with Crippen molar-refractivity contribution < 1.29 is 9.13 Å². The van der Waals surface area contributed by atoms with E-state index in [1.807, 2.05) is 29.6 Å². The van der Waals surface area contributed by atoms with Crippen LogP contribution in [0.1, 0.15) is 11.4 Å². The van der Waals surface area contributed by atoms with Crippen LogP contribution in [0.3, 0.4) is 0 Å². The first-order valence-electron chi connectivity index (χ1n) is 10.4. The third-order valence-corrected chi connectivity index (χ3v) is 6.47. The van der Waals surface area contributed by atoms with E-state index in [0.717, 1.165) is 27.5 Å². The highest BCUT2D eigenvalue weighted by Crippen LogP contribution is 2.33. The van der Waals surface area contributed by atoms with Crippen molar-refractivity contribution in [1.82, 2.24) is 9.55 Å². The molecule has 0 spiro atoms. The maximum atomic E-state index is 13.8. The van der Waals surface area contributed by atoms with E-state index in [0.29, 0.717) is 29.1 Å². The van der Waals surface area contributed by atoms with Gasteiger partial charge in [-0.1, -0.05) is 48.5 Å². The Morgan fingerprint density at radius 2 is 1.88 bits per heavy atom. The fourth-order valence-corrected chi connectivity index (χ4v) is 4.96. The normalized spacial score (nSPS) is 11.4. The highest BCUT2D eigenvalue weighted by molar-refractivity contribution is 7.17. The SMILES string of the molecule is COCCc1nc2scc(-c3ccc4ccccc4c3)c2c(=O)n1Cc1cccc(F)c1. The topological polar surface area (TPSA) is 44.1 Å². The summed E-state index contributed by atoms with van der Waals surface area (Å²) in [6.45, 7) is 0.704. The van der Waals surface area contributed by atoms with Gasteiger partial charge in [-0.3, -0.25) is 9.36 Å². The van der Waals surface area contributed by atoms with Gasteiger partial charge in [0.2, 0.25) is 0 Å². The zero-order valence-corrected chi connectivity index (χ0v) is 18.4. The maximum Gasteiger partial charge on any atom is 0.263 e. The van der Waals surface area contributed by atoms with Crippen molar-refractivity contribution in [1.29, 1.82) is 0 Å². The minimum Gasteiger partial charge on any atom is -0.384 e. The molecule has 0 fully saturated rings. The minimum absolute atomic E-state index is 0.116. The molecule has 0 bridgehead atoms. The van der Waals surface area contributed by atoms with Gasteiger partial charge in [-0.05, 0) is 40.1 Å². The van der Waals surface area contributed by atoms with Crippen LogP contribution in [0.25, 0.3) is 32.1 Å². The van der Waals surface area contributed by atoms with Crippen LogP contribution in [0, 0.1) is 5.82 Å². The molecule has 0 saturated heterocycles. The summed E-state index contributed by atoms with van der Waals surface area (Å²) in [6, 6.07) is 20.7. The first kappa shape index (κ1) is 20.5. The summed E-state index contributed by atoms with van der Waals surface area (Å²) >= 11 is 1.47. The van der Waals surface area contributed by atoms with Crippen molar-refractivity contribution in [2.75, 3.05) is 13.7 Å². The number of aromatic nitrogens is 2. The van der Waals surface area contributed by atoms with Crippen LogP contribution in [0.15, 0.2) is 76.9 Å². The zero-order chi connectivity index (χ0) is 22.1. The molecule has 0 N–H and O–H groups in total. The monoisotopic (exact) mass is 444 g/mol. The molecule has 6 heteroatoms. The zero-order valence-electron chi connectivity index (χ0n) is 17.5. The van der Waals surface area contributed by atoms with Gasteiger partial charge in [0, 0.05) is 24.5 Å². The predicted octanol–water partition coefficient (Wildman–Crippen LogP) is 5.65. The summed E-state index contributed by atoms with van der Waals surface area (Å²) in [7, 11) is 1.62. The number of thiophene rings is 1. The summed E-state index contributed by atoms with van der Waals surface area (Å²) in [6.07, 6.45) is 0.500. The Kier molecular flexibility index (Phi) is 5.55. The summed E-state index contributed by atoms with van der Waals surface area (Å²) in [5, 5.41) is 4.87. The molecule has 0 aliphatic rings. The summed E-state index contributed by atoms with van der Waals surface area (Å²) < 4.78 is 20.6. The first-order chi connectivity index (χ1) is 15.6. The lowest BCUT2D eigenvalue weighted by molar-refractivity contribution is 0.199. The van der Waals surface area contributed by atoms with E-state index in [-0.39, 0.29) is 17.9 Å². The van der Waals surface area contributed by atoms with Crippen molar-refractivity contribution >= 4 is 32.3 Å². The second-order valence-electron chi connectivity index (χ2n) is 7.68. The predicted molar refractivity (Wildman–Crippen MR) is 128 cm³/mol. The Hall–Kier alpha value is -3.35. The van der Waals surface area contributed by atoms with Crippen LogP contribution in [0.4, 0.5) is 4.39 Å². The fourth-order valence-electron chi connectivity index (χ4n) is 4.00. The van der Waals surface area contributed by atoms with Crippen LogP contribution < -0.4 is 5.56 Å². The molecule has 0 atom stereocenters. The molecule has 0 saturated carbocycles. The second-order valence-corrected chi connectivity index (χ2v) is 8.54. The molecule has 32 heavy (non-hydrogen) atoms. The van der Waals surface area contributed by atoms with E-state index in [1.54, 1.807) is 17.7 Å². The van der Waals surface area contributed by atoms with Gasteiger partial charge in [0.15, 0.2) is 0 Å². The average Bonchev–Trinajstić information content (AvgIpc) is 3.23. The summed E-state index contributed by atoms with van der Waals surface area (Å²) in [5.41, 5.74) is 2.46. The lowest BCUT2D eigenvalue weighted by Gasteiger charge is -2.13. The molecule has 2 heterocycles. The quantitative estimate of drug-likeness (QED) is 0.340. The molecule has 0 radical (unpaired) electrons. The van der Waals surface area contributed by atoms with Gasteiger partial charge < -0.3 is 4.74 Å². The second kappa shape index (κ2) is 8.65. The van der Waals surface area contributed by atoms with Gasteiger partial charge >= 0.3 is 0 Å².